The summed E-state index contributed by atoms with van der Waals surface area (Å²) in [6.07, 6.45) is 1.40. The lowest BCUT2D eigenvalue weighted by Crippen LogP contribution is -2.46. The quantitative estimate of drug-likeness (QED) is 0.736. The maximum atomic E-state index is 13.1. The molecule has 2 aromatic rings. The number of carbonyl (C=O) groups is 2. The number of nitrogens with zero attached hydrogens (tertiary/aromatic N) is 2. The molecule has 148 valence electrons. The molecule has 1 fully saturated rings. The van der Waals surface area contributed by atoms with E-state index in [1.807, 2.05) is 28.0 Å². The lowest BCUT2D eigenvalue weighted by atomic mass is 9.94. The highest BCUT2D eigenvalue weighted by molar-refractivity contribution is 6.30. The van der Waals surface area contributed by atoms with Gasteiger partial charge in [0, 0.05) is 42.2 Å². The molecule has 1 saturated heterocycles. The van der Waals surface area contributed by atoms with Crippen LogP contribution in [-0.4, -0.2) is 40.7 Å². The fraction of sp³-hybridized carbons (Fsp3) is 0.391. The van der Waals surface area contributed by atoms with Crippen LogP contribution in [0.2, 0.25) is 5.02 Å². The van der Waals surface area contributed by atoms with Crippen molar-refractivity contribution in [3.05, 3.63) is 70.7 Å². The van der Waals surface area contributed by atoms with Crippen LogP contribution in [0.15, 0.2) is 54.6 Å². The van der Waals surface area contributed by atoms with E-state index in [0.29, 0.717) is 43.1 Å². The zero-order chi connectivity index (χ0) is 20.1. The van der Waals surface area contributed by atoms with Crippen molar-refractivity contribution in [2.75, 3.05) is 13.1 Å². The Morgan fingerprint density at radius 3 is 2.36 bits per heavy atom. The molecule has 0 saturated carbocycles. The predicted octanol–water partition coefficient (Wildman–Crippen LogP) is 4.63. The zero-order valence-electron chi connectivity index (χ0n) is 16.5. The number of hydrogen-bond donors (Lipinski definition) is 0. The summed E-state index contributed by atoms with van der Waals surface area (Å²) in [5.41, 5.74) is 1.74. The Bertz CT molecular complexity index is 814. The van der Waals surface area contributed by atoms with E-state index in [-0.39, 0.29) is 23.8 Å². The van der Waals surface area contributed by atoms with Crippen LogP contribution in [0.1, 0.15) is 42.6 Å². The average Bonchev–Trinajstić information content (AvgIpc) is 2.71. The lowest BCUT2D eigenvalue weighted by Gasteiger charge is -2.36. The van der Waals surface area contributed by atoms with Gasteiger partial charge in [-0.05, 0) is 50.5 Å². The van der Waals surface area contributed by atoms with E-state index in [9.17, 15) is 9.59 Å². The minimum absolute atomic E-state index is 0.0154. The number of halogens is 1. The molecule has 5 heteroatoms. The van der Waals surface area contributed by atoms with Gasteiger partial charge in [-0.25, -0.2) is 0 Å². The molecule has 1 aliphatic rings. The Balaban J connectivity index is 1.61. The van der Waals surface area contributed by atoms with Crippen molar-refractivity contribution in [1.82, 2.24) is 9.80 Å². The minimum atomic E-state index is -0.0328. The van der Waals surface area contributed by atoms with E-state index in [2.05, 4.69) is 26.0 Å². The van der Waals surface area contributed by atoms with Crippen LogP contribution >= 0.6 is 11.6 Å². The summed E-state index contributed by atoms with van der Waals surface area (Å²) in [7, 11) is 0. The van der Waals surface area contributed by atoms with E-state index in [4.69, 9.17) is 11.6 Å². The first-order valence-electron chi connectivity index (χ1n) is 9.85. The monoisotopic (exact) mass is 398 g/mol. The van der Waals surface area contributed by atoms with Crippen molar-refractivity contribution in [2.24, 2.45) is 5.92 Å². The van der Waals surface area contributed by atoms with Crippen molar-refractivity contribution in [2.45, 2.75) is 39.3 Å². The summed E-state index contributed by atoms with van der Waals surface area (Å²) in [6, 6.07) is 17.2. The highest BCUT2D eigenvalue weighted by Crippen LogP contribution is 2.24. The first-order chi connectivity index (χ1) is 13.5. The van der Waals surface area contributed by atoms with E-state index < -0.39 is 0 Å². The zero-order valence-corrected chi connectivity index (χ0v) is 17.2. The van der Waals surface area contributed by atoms with Crippen molar-refractivity contribution in [3.8, 4) is 0 Å². The number of rotatable bonds is 5. The van der Waals surface area contributed by atoms with Crippen molar-refractivity contribution < 1.29 is 9.59 Å². The summed E-state index contributed by atoms with van der Waals surface area (Å²) in [5, 5.41) is 0.560. The van der Waals surface area contributed by atoms with Crippen LogP contribution in [0, 0.1) is 5.92 Å². The standard InChI is InChI=1S/C23H27ClN2O2/c1-17(2)26(16-18-7-4-3-5-8-18)23(28)19-11-13-25(14-12-19)22(27)20-9-6-10-21(24)15-20/h3-10,15,17,19H,11-14,16H2,1-2H3. The summed E-state index contributed by atoms with van der Waals surface area (Å²) in [5.74, 6) is 0.140. The Labute approximate surface area is 172 Å². The molecular formula is C23H27ClN2O2. The Hall–Kier alpha value is -2.33. The second-order valence-electron chi connectivity index (χ2n) is 7.62. The minimum Gasteiger partial charge on any atom is -0.339 e. The van der Waals surface area contributed by atoms with Gasteiger partial charge in [0.15, 0.2) is 0 Å². The van der Waals surface area contributed by atoms with Gasteiger partial charge in [-0.1, -0.05) is 48.0 Å². The number of likely N-dealkylation sites (tertiary alicyclic amines) is 1. The Morgan fingerprint density at radius 2 is 1.75 bits per heavy atom. The van der Waals surface area contributed by atoms with Crippen molar-refractivity contribution >= 4 is 23.4 Å². The first kappa shape index (κ1) is 20.4. The molecule has 28 heavy (non-hydrogen) atoms. The van der Waals surface area contributed by atoms with Crippen LogP contribution in [0.3, 0.4) is 0 Å². The summed E-state index contributed by atoms with van der Waals surface area (Å²) in [4.78, 5) is 29.6. The van der Waals surface area contributed by atoms with E-state index in [1.165, 1.54) is 0 Å². The van der Waals surface area contributed by atoms with Gasteiger partial charge < -0.3 is 9.80 Å². The molecule has 0 unspecified atom stereocenters. The lowest BCUT2D eigenvalue weighted by molar-refractivity contribution is -0.139. The predicted molar refractivity (Wildman–Crippen MR) is 112 cm³/mol. The van der Waals surface area contributed by atoms with Gasteiger partial charge in [-0.2, -0.15) is 0 Å². The van der Waals surface area contributed by atoms with Gasteiger partial charge >= 0.3 is 0 Å². The van der Waals surface area contributed by atoms with E-state index in [0.717, 1.165) is 5.56 Å². The van der Waals surface area contributed by atoms with E-state index in [1.54, 1.807) is 24.3 Å². The van der Waals surface area contributed by atoms with Gasteiger partial charge in [-0.3, -0.25) is 9.59 Å². The normalized spacial score (nSPS) is 14.9. The molecule has 4 nitrogen and oxygen atoms in total. The molecule has 0 aromatic heterocycles. The Kier molecular flexibility index (Phi) is 6.74. The fourth-order valence-corrected chi connectivity index (χ4v) is 3.85. The third-order valence-electron chi connectivity index (χ3n) is 5.31. The average molecular weight is 399 g/mol. The SMILES string of the molecule is CC(C)N(Cc1ccccc1)C(=O)C1CCN(C(=O)c2cccc(Cl)c2)CC1. The van der Waals surface area contributed by atoms with E-state index >= 15 is 0 Å². The molecule has 0 aliphatic carbocycles. The highest BCUT2D eigenvalue weighted by atomic mass is 35.5. The fourth-order valence-electron chi connectivity index (χ4n) is 3.66. The molecule has 2 aromatic carbocycles. The topological polar surface area (TPSA) is 40.6 Å². The van der Waals surface area contributed by atoms with Crippen LogP contribution in [0.4, 0.5) is 0 Å². The van der Waals surface area contributed by atoms with Gasteiger partial charge in [0.2, 0.25) is 5.91 Å². The first-order valence-corrected chi connectivity index (χ1v) is 10.2. The van der Waals surface area contributed by atoms with Crippen LogP contribution < -0.4 is 0 Å². The summed E-state index contributed by atoms with van der Waals surface area (Å²) >= 11 is 6.00. The third-order valence-corrected chi connectivity index (χ3v) is 5.54. The molecule has 0 bridgehead atoms. The molecular weight excluding hydrogens is 372 g/mol. The largest absolute Gasteiger partial charge is 0.339 e. The van der Waals surface area contributed by atoms with Crippen LogP contribution in [0.25, 0.3) is 0 Å². The van der Waals surface area contributed by atoms with Gasteiger partial charge in [0.05, 0.1) is 0 Å². The molecule has 0 atom stereocenters. The molecule has 0 spiro atoms. The number of hydrogen-bond acceptors (Lipinski definition) is 2. The van der Waals surface area contributed by atoms with Crippen molar-refractivity contribution in [3.63, 3.8) is 0 Å². The molecule has 3 rings (SSSR count). The molecule has 0 radical (unpaired) electrons. The number of benzene rings is 2. The van der Waals surface area contributed by atoms with Gasteiger partial charge in [0.1, 0.15) is 0 Å². The maximum absolute atomic E-state index is 13.1. The summed E-state index contributed by atoms with van der Waals surface area (Å²) in [6.45, 7) is 5.92. The summed E-state index contributed by atoms with van der Waals surface area (Å²) < 4.78 is 0. The van der Waals surface area contributed by atoms with Gasteiger partial charge in [0.25, 0.3) is 5.91 Å². The highest BCUT2D eigenvalue weighted by Gasteiger charge is 2.31. The molecule has 0 N–H and O–H groups in total. The second kappa shape index (κ2) is 9.24. The Morgan fingerprint density at radius 1 is 1.07 bits per heavy atom. The number of carbonyl (C=O) groups excluding carboxylic acids is 2. The third kappa shape index (κ3) is 4.93. The molecule has 1 aliphatic heterocycles. The second-order valence-corrected chi connectivity index (χ2v) is 8.06. The number of piperidine rings is 1. The van der Waals surface area contributed by atoms with Crippen molar-refractivity contribution in [1.29, 1.82) is 0 Å². The smallest absolute Gasteiger partial charge is 0.253 e. The van der Waals surface area contributed by atoms with Gasteiger partial charge in [-0.15, -0.1) is 0 Å². The van der Waals surface area contributed by atoms with Crippen LogP contribution in [-0.2, 0) is 11.3 Å². The molecule has 1 heterocycles. The number of amides is 2. The van der Waals surface area contributed by atoms with Crippen LogP contribution in [0.5, 0.6) is 0 Å². The molecule has 2 amide bonds. The maximum Gasteiger partial charge on any atom is 0.253 e.